The third-order valence-electron chi connectivity index (χ3n) is 2.71. The number of hydrogen-bond acceptors (Lipinski definition) is 4. The van der Waals surface area contributed by atoms with E-state index in [9.17, 15) is 10.0 Å². The van der Waals surface area contributed by atoms with Crippen molar-refractivity contribution in [1.29, 1.82) is 5.26 Å². The van der Waals surface area contributed by atoms with E-state index in [1.54, 1.807) is 27.7 Å². The van der Waals surface area contributed by atoms with E-state index in [1.165, 1.54) is 4.90 Å². The highest BCUT2D eigenvalue weighted by atomic mass is 16.5. The van der Waals surface area contributed by atoms with Gasteiger partial charge in [0.15, 0.2) is 0 Å². The van der Waals surface area contributed by atoms with Gasteiger partial charge < -0.3 is 10.1 Å². The van der Waals surface area contributed by atoms with Crippen LogP contribution in [-0.4, -0.2) is 38.8 Å². The minimum Gasteiger partial charge on any atom is -0.311 e. The summed E-state index contributed by atoms with van der Waals surface area (Å²) in [6.07, 6.45) is 0. The molecule has 0 aromatic rings. The van der Waals surface area contributed by atoms with Crippen LogP contribution < -0.4 is 0 Å². The van der Waals surface area contributed by atoms with Crippen LogP contribution >= 0.6 is 0 Å². The van der Waals surface area contributed by atoms with Crippen LogP contribution in [0.2, 0.25) is 0 Å². The van der Waals surface area contributed by atoms with Crippen molar-refractivity contribution < 1.29 is 10.0 Å². The maximum absolute atomic E-state index is 11.8. The van der Waals surface area contributed by atoms with Gasteiger partial charge in [-0.15, -0.1) is 0 Å². The van der Waals surface area contributed by atoms with Crippen LogP contribution in [0.25, 0.3) is 0 Å². The Hall–Kier alpha value is -1.12. The summed E-state index contributed by atoms with van der Waals surface area (Å²) in [5.41, 5.74) is -1.78. The first-order valence-electron chi connectivity index (χ1n) is 4.44. The Morgan fingerprint density at radius 2 is 1.93 bits per heavy atom. The van der Waals surface area contributed by atoms with Crippen molar-refractivity contribution in [3.8, 4) is 6.07 Å². The molecule has 1 N–H and O–H groups in total. The summed E-state index contributed by atoms with van der Waals surface area (Å²) in [6, 6.07) is 1.92. The maximum atomic E-state index is 11.8. The average molecular weight is 197 g/mol. The summed E-state index contributed by atoms with van der Waals surface area (Å²) in [5.74, 6) is -0.230. The fourth-order valence-electron chi connectivity index (χ4n) is 1.80. The molecule has 1 fully saturated rings. The van der Waals surface area contributed by atoms with Crippen LogP contribution in [0.15, 0.2) is 0 Å². The minimum absolute atomic E-state index is 0.00762. The highest BCUT2D eigenvalue weighted by Gasteiger charge is 2.56. The number of nitriles is 1. The summed E-state index contributed by atoms with van der Waals surface area (Å²) < 4.78 is 0. The molecule has 14 heavy (non-hydrogen) atoms. The van der Waals surface area contributed by atoms with Gasteiger partial charge in [-0.2, -0.15) is 10.3 Å². The normalized spacial score (nSPS) is 25.1. The van der Waals surface area contributed by atoms with E-state index in [2.05, 4.69) is 0 Å². The fourth-order valence-corrected chi connectivity index (χ4v) is 1.80. The molecule has 5 nitrogen and oxygen atoms in total. The Balaban J connectivity index is 3.11. The van der Waals surface area contributed by atoms with E-state index in [0.717, 1.165) is 5.06 Å². The first kappa shape index (κ1) is 11.0. The molecule has 0 aromatic carbocycles. The second-order valence-corrected chi connectivity index (χ2v) is 4.41. The van der Waals surface area contributed by atoms with E-state index < -0.39 is 11.2 Å². The summed E-state index contributed by atoms with van der Waals surface area (Å²) in [6.45, 7) is 6.67. The van der Waals surface area contributed by atoms with Crippen molar-refractivity contribution >= 4 is 5.91 Å². The minimum atomic E-state index is -0.958. The molecule has 0 aliphatic carbocycles. The zero-order chi connectivity index (χ0) is 11.1. The number of nitrogens with zero attached hydrogens (tertiary/aromatic N) is 3. The molecule has 0 saturated carbocycles. The van der Waals surface area contributed by atoms with E-state index in [-0.39, 0.29) is 12.5 Å². The summed E-state index contributed by atoms with van der Waals surface area (Å²) >= 11 is 0. The van der Waals surface area contributed by atoms with Gasteiger partial charge in [-0.3, -0.25) is 4.79 Å². The van der Waals surface area contributed by atoms with Crippen LogP contribution in [-0.2, 0) is 4.79 Å². The van der Waals surface area contributed by atoms with Crippen molar-refractivity contribution in [1.82, 2.24) is 9.96 Å². The highest BCUT2D eigenvalue weighted by Crippen LogP contribution is 2.35. The second kappa shape index (κ2) is 2.94. The van der Waals surface area contributed by atoms with Crippen molar-refractivity contribution in [2.75, 3.05) is 6.54 Å². The van der Waals surface area contributed by atoms with Crippen molar-refractivity contribution in [2.45, 2.75) is 38.9 Å². The SMILES string of the molecule is CC1(C)C(=O)N(CC#N)C(C)(C)N1O. The third kappa shape index (κ3) is 1.19. The first-order chi connectivity index (χ1) is 6.26. The standard InChI is InChI=1S/C9H15N3O2/c1-8(2)7(13)11(6-5-10)9(3,4)12(8)14/h14H,6H2,1-4H3. The molecule has 5 heteroatoms. The van der Waals surface area contributed by atoms with Gasteiger partial charge in [0.2, 0.25) is 5.91 Å². The number of hydrogen-bond donors (Lipinski definition) is 1. The van der Waals surface area contributed by atoms with E-state index in [0.29, 0.717) is 0 Å². The Morgan fingerprint density at radius 1 is 1.43 bits per heavy atom. The molecule has 0 aromatic heterocycles. The van der Waals surface area contributed by atoms with Crippen molar-refractivity contribution in [3.63, 3.8) is 0 Å². The molecule has 1 aliphatic heterocycles. The lowest BCUT2D eigenvalue weighted by atomic mass is 10.1. The predicted molar refractivity (Wildman–Crippen MR) is 49.1 cm³/mol. The van der Waals surface area contributed by atoms with E-state index >= 15 is 0 Å². The molecule has 0 atom stereocenters. The Bertz CT molecular complexity index is 304. The lowest BCUT2D eigenvalue weighted by molar-refractivity contribution is -0.208. The monoisotopic (exact) mass is 197 g/mol. The largest absolute Gasteiger partial charge is 0.311 e. The predicted octanol–water partition coefficient (Wildman–Crippen LogP) is 0.558. The zero-order valence-electron chi connectivity index (χ0n) is 8.90. The highest BCUT2D eigenvalue weighted by molar-refractivity contribution is 5.88. The molecule has 0 bridgehead atoms. The molecule has 0 radical (unpaired) electrons. The van der Waals surface area contributed by atoms with E-state index in [4.69, 9.17) is 5.26 Å². The molecule has 0 spiro atoms. The average Bonchev–Trinajstić information content (AvgIpc) is 2.19. The maximum Gasteiger partial charge on any atom is 0.247 e. The molecule has 1 aliphatic rings. The van der Waals surface area contributed by atoms with Gasteiger partial charge in [0.25, 0.3) is 0 Å². The fraction of sp³-hybridized carbons (Fsp3) is 0.778. The van der Waals surface area contributed by atoms with Crippen LogP contribution in [0.5, 0.6) is 0 Å². The third-order valence-corrected chi connectivity index (χ3v) is 2.71. The van der Waals surface area contributed by atoms with Gasteiger partial charge in [-0.05, 0) is 27.7 Å². The molecule has 0 unspecified atom stereocenters. The van der Waals surface area contributed by atoms with Gasteiger partial charge in [0.05, 0.1) is 6.07 Å². The van der Waals surface area contributed by atoms with Crippen LogP contribution in [0.1, 0.15) is 27.7 Å². The number of carbonyl (C=O) groups is 1. The molecule has 1 saturated heterocycles. The quantitative estimate of drug-likeness (QED) is 0.623. The number of rotatable bonds is 1. The number of carbonyl (C=O) groups excluding carboxylic acids is 1. The summed E-state index contributed by atoms with van der Waals surface area (Å²) in [7, 11) is 0. The van der Waals surface area contributed by atoms with Crippen LogP contribution in [0.4, 0.5) is 0 Å². The van der Waals surface area contributed by atoms with Crippen molar-refractivity contribution in [2.24, 2.45) is 0 Å². The molecule has 1 rings (SSSR count). The Labute approximate surface area is 83.5 Å². The van der Waals surface area contributed by atoms with Gasteiger partial charge in [-0.1, -0.05) is 0 Å². The topological polar surface area (TPSA) is 67.6 Å². The van der Waals surface area contributed by atoms with Gasteiger partial charge in [0, 0.05) is 0 Å². The number of amides is 1. The summed E-state index contributed by atoms with van der Waals surface area (Å²) in [5, 5.41) is 19.4. The summed E-state index contributed by atoms with van der Waals surface area (Å²) in [4.78, 5) is 13.2. The van der Waals surface area contributed by atoms with Gasteiger partial charge in [0.1, 0.15) is 17.7 Å². The van der Waals surface area contributed by atoms with Gasteiger partial charge in [-0.25, -0.2) is 0 Å². The molecule has 78 valence electrons. The number of hydroxylamine groups is 2. The first-order valence-corrected chi connectivity index (χ1v) is 4.44. The molecule has 1 amide bonds. The van der Waals surface area contributed by atoms with E-state index in [1.807, 2.05) is 6.07 Å². The lowest BCUT2D eigenvalue weighted by Gasteiger charge is -2.34. The molecule has 1 heterocycles. The lowest BCUT2D eigenvalue weighted by Crippen LogP contribution is -2.50. The Morgan fingerprint density at radius 3 is 2.21 bits per heavy atom. The van der Waals surface area contributed by atoms with Crippen LogP contribution in [0, 0.1) is 11.3 Å². The Kier molecular flexibility index (Phi) is 2.30. The van der Waals surface area contributed by atoms with Gasteiger partial charge >= 0.3 is 0 Å². The van der Waals surface area contributed by atoms with Crippen molar-refractivity contribution in [3.05, 3.63) is 0 Å². The second-order valence-electron chi connectivity index (χ2n) is 4.41. The zero-order valence-corrected chi connectivity index (χ0v) is 8.90. The smallest absolute Gasteiger partial charge is 0.247 e. The molecular weight excluding hydrogens is 182 g/mol. The van der Waals surface area contributed by atoms with Crippen LogP contribution in [0.3, 0.4) is 0 Å². The molecular formula is C9H15N3O2.